The molecule has 0 aliphatic carbocycles. The van der Waals surface area contributed by atoms with E-state index in [0.717, 1.165) is 40.1 Å². The first-order chi connectivity index (χ1) is 12.1. The number of furan rings is 1. The molecule has 0 bridgehead atoms. The Morgan fingerprint density at radius 1 is 1.20 bits per heavy atom. The van der Waals surface area contributed by atoms with E-state index in [1.807, 2.05) is 51.1 Å². The van der Waals surface area contributed by atoms with Gasteiger partial charge in [0.1, 0.15) is 11.3 Å². The SMILES string of the molecule is CCc1oc2ccccc2c1/C=C/C(=O)NNc1nc(C)cc(C)n1. The van der Waals surface area contributed by atoms with Gasteiger partial charge < -0.3 is 4.42 Å². The Bertz CT molecular complexity index is 923. The normalized spacial score (nSPS) is 11.2. The summed E-state index contributed by atoms with van der Waals surface area (Å²) in [5.41, 5.74) is 8.70. The standard InChI is InChI=1S/C19H20N4O2/c1-4-16-15(14-7-5-6-8-17(14)25-16)9-10-18(24)22-23-19-20-12(2)11-13(3)21-19/h5-11H,4H2,1-3H3,(H,22,24)(H,20,21,23)/b10-9+. The second-order valence-corrected chi connectivity index (χ2v) is 5.71. The van der Waals surface area contributed by atoms with Crippen LogP contribution in [0, 0.1) is 13.8 Å². The van der Waals surface area contributed by atoms with Gasteiger partial charge in [-0.05, 0) is 32.1 Å². The summed E-state index contributed by atoms with van der Waals surface area (Å²) in [6.07, 6.45) is 3.99. The molecular weight excluding hydrogens is 316 g/mol. The Balaban J connectivity index is 1.72. The lowest BCUT2D eigenvalue weighted by Gasteiger charge is -2.06. The summed E-state index contributed by atoms with van der Waals surface area (Å²) in [6.45, 7) is 5.77. The molecule has 0 radical (unpaired) electrons. The molecule has 0 atom stereocenters. The number of carbonyl (C=O) groups is 1. The minimum absolute atomic E-state index is 0.296. The molecule has 128 valence electrons. The van der Waals surface area contributed by atoms with Crippen LogP contribution >= 0.6 is 0 Å². The summed E-state index contributed by atoms with van der Waals surface area (Å²) >= 11 is 0. The molecule has 0 saturated carbocycles. The van der Waals surface area contributed by atoms with Crippen LogP contribution < -0.4 is 10.9 Å². The number of anilines is 1. The van der Waals surface area contributed by atoms with Crippen molar-refractivity contribution in [3.63, 3.8) is 0 Å². The summed E-state index contributed by atoms with van der Waals surface area (Å²) in [5.74, 6) is 0.924. The summed E-state index contributed by atoms with van der Waals surface area (Å²) in [5, 5.41) is 0.994. The number of para-hydroxylation sites is 1. The van der Waals surface area contributed by atoms with Crippen molar-refractivity contribution in [3.05, 3.63) is 59.1 Å². The first-order valence-electron chi connectivity index (χ1n) is 8.13. The number of carbonyl (C=O) groups excluding carboxylic acids is 1. The van der Waals surface area contributed by atoms with Crippen molar-refractivity contribution in [2.75, 3.05) is 5.43 Å². The molecule has 2 heterocycles. The summed E-state index contributed by atoms with van der Waals surface area (Å²) in [4.78, 5) is 20.5. The molecule has 0 aliphatic rings. The number of nitrogens with one attached hydrogen (secondary N) is 2. The van der Waals surface area contributed by atoms with Crippen LogP contribution in [0.1, 0.15) is 29.6 Å². The lowest BCUT2D eigenvalue weighted by atomic mass is 10.1. The number of hydrogen-bond acceptors (Lipinski definition) is 5. The zero-order chi connectivity index (χ0) is 17.8. The zero-order valence-electron chi connectivity index (χ0n) is 14.5. The average molecular weight is 336 g/mol. The van der Waals surface area contributed by atoms with Gasteiger partial charge in [-0.15, -0.1) is 0 Å². The first kappa shape index (κ1) is 16.7. The van der Waals surface area contributed by atoms with E-state index in [9.17, 15) is 4.79 Å². The highest BCUT2D eigenvalue weighted by Gasteiger charge is 2.10. The zero-order valence-corrected chi connectivity index (χ0v) is 14.5. The van der Waals surface area contributed by atoms with Crippen LogP contribution in [0.2, 0.25) is 0 Å². The summed E-state index contributed by atoms with van der Waals surface area (Å²) in [7, 11) is 0. The van der Waals surface area contributed by atoms with Crippen molar-refractivity contribution in [3.8, 4) is 0 Å². The molecule has 0 saturated heterocycles. The topological polar surface area (TPSA) is 80.0 Å². The number of amides is 1. The van der Waals surface area contributed by atoms with Gasteiger partial charge in [-0.2, -0.15) is 0 Å². The molecule has 1 amide bonds. The largest absolute Gasteiger partial charge is 0.460 e. The van der Waals surface area contributed by atoms with E-state index in [0.29, 0.717) is 5.95 Å². The van der Waals surface area contributed by atoms with Crippen molar-refractivity contribution in [1.82, 2.24) is 15.4 Å². The maximum absolute atomic E-state index is 12.1. The van der Waals surface area contributed by atoms with Crippen LogP contribution in [0.5, 0.6) is 0 Å². The van der Waals surface area contributed by atoms with Crippen molar-refractivity contribution in [1.29, 1.82) is 0 Å². The van der Waals surface area contributed by atoms with Gasteiger partial charge in [-0.1, -0.05) is 25.1 Å². The van der Waals surface area contributed by atoms with Gasteiger partial charge in [0.15, 0.2) is 0 Å². The van der Waals surface area contributed by atoms with Crippen molar-refractivity contribution < 1.29 is 9.21 Å². The number of aromatic nitrogens is 2. The van der Waals surface area contributed by atoms with Crippen LogP contribution in [0.25, 0.3) is 17.0 Å². The fraction of sp³-hybridized carbons (Fsp3) is 0.211. The third kappa shape index (κ3) is 3.85. The average Bonchev–Trinajstić information content (AvgIpc) is 2.95. The minimum atomic E-state index is -0.296. The Hall–Kier alpha value is -3.15. The number of nitrogens with zero attached hydrogens (tertiary/aromatic N) is 2. The molecule has 0 fully saturated rings. The van der Waals surface area contributed by atoms with E-state index in [1.54, 1.807) is 6.08 Å². The molecular formula is C19H20N4O2. The fourth-order valence-corrected chi connectivity index (χ4v) is 2.66. The van der Waals surface area contributed by atoms with Crippen LogP contribution in [0.4, 0.5) is 5.95 Å². The quantitative estimate of drug-likeness (QED) is 0.550. The second kappa shape index (κ2) is 7.17. The Labute approximate surface area is 146 Å². The smallest absolute Gasteiger partial charge is 0.262 e. The van der Waals surface area contributed by atoms with Crippen LogP contribution in [-0.2, 0) is 11.2 Å². The molecule has 2 aromatic heterocycles. The number of hydrogen-bond donors (Lipinski definition) is 2. The van der Waals surface area contributed by atoms with Crippen molar-refractivity contribution >= 4 is 28.9 Å². The molecule has 2 N–H and O–H groups in total. The summed E-state index contributed by atoms with van der Waals surface area (Å²) < 4.78 is 5.82. The van der Waals surface area contributed by atoms with Crippen LogP contribution in [0.15, 0.2) is 40.8 Å². The van der Waals surface area contributed by atoms with Gasteiger partial charge in [0, 0.05) is 34.8 Å². The number of rotatable bonds is 5. The molecule has 0 unspecified atom stereocenters. The van der Waals surface area contributed by atoms with Gasteiger partial charge in [0.05, 0.1) is 0 Å². The van der Waals surface area contributed by atoms with Crippen molar-refractivity contribution in [2.45, 2.75) is 27.2 Å². The van der Waals surface area contributed by atoms with E-state index in [2.05, 4.69) is 20.8 Å². The molecule has 3 rings (SSSR count). The van der Waals surface area contributed by atoms with Crippen LogP contribution in [-0.4, -0.2) is 15.9 Å². The molecule has 1 aromatic carbocycles. The van der Waals surface area contributed by atoms with E-state index < -0.39 is 0 Å². The van der Waals surface area contributed by atoms with Gasteiger partial charge in [0.2, 0.25) is 5.95 Å². The lowest BCUT2D eigenvalue weighted by Crippen LogP contribution is -2.28. The predicted octanol–water partition coefficient (Wildman–Crippen LogP) is 3.56. The summed E-state index contributed by atoms with van der Waals surface area (Å²) in [6, 6.07) is 9.65. The number of hydrazine groups is 1. The highest BCUT2D eigenvalue weighted by atomic mass is 16.3. The minimum Gasteiger partial charge on any atom is -0.460 e. The van der Waals surface area contributed by atoms with Crippen LogP contribution in [0.3, 0.4) is 0 Å². The van der Waals surface area contributed by atoms with Gasteiger partial charge in [0.25, 0.3) is 5.91 Å². The molecule has 6 heteroatoms. The lowest BCUT2D eigenvalue weighted by molar-refractivity contribution is -0.116. The first-order valence-corrected chi connectivity index (χ1v) is 8.13. The third-order valence-electron chi connectivity index (χ3n) is 3.71. The monoisotopic (exact) mass is 336 g/mol. The Morgan fingerprint density at radius 2 is 1.92 bits per heavy atom. The molecule has 0 aliphatic heterocycles. The van der Waals surface area contributed by atoms with Gasteiger partial charge in [-0.3, -0.25) is 15.6 Å². The highest BCUT2D eigenvalue weighted by Crippen LogP contribution is 2.27. The number of benzene rings is 1. The molecule has 25 heavy (non-hydrogen) atoms. The van der Waals surface area contributed by atoms with E-state index >= 15 is 0 Å². The van der Waals surface area contributed by atoms with Gasteiger partial charge in [-0.25, -0.2) is 9.97 Å². The van der Waals surface area contributed by atoms with E-state index in [1.165, 1.54) is 6.08 Å². The predicted molar refractivity (Wildman–Crippen MR) is 97.9 cm³/mol. The van der Waals surface area contributed by atoms with E-state index in [-0.39, 0.29) is 5.91 Å². The highest BCUT2D eigenvalue weighted by molar-refractivity contribution is 5.96. The molecule has 3 aromatic rings. The molecule has 0 spiro atoms. The van der Waals surface area contributed by atoms with E-state index in [4.69, 9.17) is 4.42 Å². The number of fused-ring (bicyclic) bond motifs is 1. The third-order valence-corrected chi connectivity index (χ3v) is 3.71. The maximum Gasteiger partial charge on any atom is 0.262 e. The van der Waals surface area contributed by atoms with Gasteiger partial charge >= 0.3 is 0 Å². The Kier molecular flexibility index (Phi) is 4.79. The maximum atomic E-state index is 12.1. The molecule has 6 nitrogen and oxygen atoms in total. The number of aryl methyl sites for hydroxylation is 3. The fourth-order valence-electron chi connectivity index (χ4n) is 2.66. The Morgan fingerprint density at radius 3 is 2.64 bits per heavy atom. The van der Waals surface area contributed by atoms with Crippen molar-refractivity contribution in [2.24, 2.45) is 0 Å². The second-order valence-electron chi connectivity index (χ2n) is 5.71.